The van der Waals surface area contributed by atoms with E-state index in [-0.39, 0.29) is 21.7 Å². The average molecular weight is 390 g/mol. The number of benzene rings is 2. The first kappa shape index (κ1) is 20.5. The molecule has 2 aliphatic carbocycles. The molecule has 1 N–H and O–H groups in total. The van der Waals surface area contributed by atoms with Crippen LogP contribution in [0.25, 0.3) is 0 Å². The zero-order valence-corrected chi connectivity index (χ0v) is 19.8. The topological polar surface area (TPSA) is 12.0 Å². The second-order valence-corrected chi connectivity index (χ2v) is 12.1. The Morgan fingerprint density at radius 2 is 0.862 bits per heavy atom. The molecule has 1 nitrogen and oxygen atoms in total. The minimum atomic E-state index is 0.193. The lowest BCUT2D eigenvalue weighted by atomic mass is 9.62. The van der Waals surface area contributed by atoms with Gasteiger partial charge in [-0.1, -0.05) is 79.7 Å². The molecule has 0 saturated heterocycles. The molecule has 2 aromatic carbocycles. The third kappa shape index (κ3) is 3.31. The van der Waals surface area contributed by atoms with Crippen molar-refractivity contribution in [1.82, 2.24) is 0 Å². The molecule has 0 atom stereocenters. The lowest BCUT2D eigenvalue weighted by molar-refractivity contribution is 0.332. The van der Waals surface area contributed by atoms with Crippen LogP contribution in [0.5, 0.6) is 0 Å². The van der Waals surface area contributed by atoms with Crippen molar-refractivity contribution in [2.75, 3.05) is 5.32 Å². The van der Waals surface area contributed by atoms with Gasteiger partial charge in [-0.15, -0.1) is 0 Å². The van der Waals surface area contributed by atoms with Gasteiger partial charge in [-0.05, 0) is 81.7 Å². The van der Waals surface area contributed by atoms with Gasteiger partial charge in [0.2, 0.25) is 0 Å². The van der Waals surface area contributed by atoms with Gasteiger partial charge in [0.1, 0.15) is 0 Å². The Morgan fingerprint density at radius 1 is 0.517 bits per heavy atom. The van der Waals surface area contributed by atoms with E-state index in [9.17, 15) is 0 Å². The number of hydrogen-bond donors (Lipinski definition) is 1. The molecule has 0 amide bonds. The predicted octanol–water partition coefficient (Wildman–Crippen LogP) is 8.13. The maximum Gasteiger partial charge on any atom is 0.0425 e. The van der Waals surface area contributed by atoms with Crippen molar-refractivity contribution in [3.05, 3.63) is 58.7 Å². The zero-order chi connectivity index (χ0) is 21.2. The fraction of sp³-hybridized carbons (Fsp3) is 0.571. The van der Waals surface area contributed by atoms with Crippen LogP contribution in [-0.2, 0) is 21.7 Å². The summed E-state index contributed by atoms with van der Waals surface area (Å²) in [5.74, 6) is 0. The van der Waals surface area contributed by atoms with Crippen LogP contribution in [0.3, 0.4) is 0 Å². The SMILES string of the molecule is CC1(C)CCC(C)(C)c2c(Nc3cccc4c3C(C)(C)CCC4(C)C)cccc21. The molecule has 0 aliphatic heterocycles. The van der Waals surface area contributed by atoms with Crippen molar-refractivity contribution < 1.29 is 0 Å². The number of hydrogen-bond acceptors (Lipinski definition) is 1. The van der Waals surface area contributed by atoms with Crippen LogP contribution >= 0.6 is 0 Å². The first-order valence-corrected chi connectivity index (χ1v) is 11.4. The normalized spacial score (nSPS) is 23.0. The summed E-state index contributed by atoms with van der Waals surface area (Å²) in [5, 5.41) is 3.95. The highest BCUT2D eigenvalue weighted by Gasteiger charge is 2.40. The van der Waals surface area contributed by atoms with Gasteiger partial charge in [0, 0.05) is 11.4 Å². The number of rotatable bonds is 2. The Bertz CT molecular complexity index is 865. The fourth-order valence-electron chi connectivity index (χ4n) is 5.81. The Hall–Kier alpha value is -1.76. The molecule has 4 rings (SSSR count). The molecule has 0 bridgehead atoms. The summed E-state index contributed by atoms with van der Waals surface area (Å²) in [6, 6.07) is 13.8. The van der Waals surface area contributed by atoms with Crippen molar-refractivity contribution >= 4 is 11.4 Å². The van der Waals surface area contributed by atoms with E-state index in [0.29, 0.717) is 0 Å². The second kappa shape index (κ2) is 6.37. The van der Waals surface area contributed by atoms with E-state index in [1.54, 1.807) is 0 Å². The number of anilines is 2. The quantitative estimate of drug-likeness (QED) is 0.546. The Kier molecular flexibility index (Phi) is 4.50. The molecule has 0 saturated carbocycles. The van der Waals surface area contributed by atoms with Gasteiger partial charge in [-0.3, -0.25) is 0 Å². The Morgan fingerprint density at radius 3 is 1.24 bits per heavy atom. The Balaban J connectivity index is 1.88. The smallest absolute Gasteiger partial charge is 0.0425 e. The molecule has 2 aliphatic rings. The maximum absolute atomic E-state index is 3.95. The summed E-state index contributed by atoms with van der Waals surface area (Å²) in [6.45, 7) is 19.3. The highest BCUT2D eigenvalue weighted by molar-refractivity contribution is 5.72. The first-order valence-electron chi connectivity index (χ1n) is 11.4. The van der Waals surface area contributed by atoms with Gasteiger partial charge >= 0.3 is 0 Å². The van der Waals surface area contributed by atoms with Crippen LogP contribution < -0.4 is 5.32 Å². The van der Waals surface area contributed by atoms with Gasteiger partial charge in [0.25, 0.3) is 0 Å². The summed E-state index contributed by atoms with van der Waals surface area (Å²) in [6.07, 6.45) is 4.96. The number of fused-ring (bicyclic) bond motifs is 2. The van der Waals surface area contributed by atoms with E-state index in [1.807, 2.05) is 0 Å². The largest absolute Gasteiger partial charge is 0.355 e. The zero-order valence-electron chi connectivity index (χ0n) is 19.8. The number of nitrogens with one attached hydrogen (secondary N) is 1. The van der Waals surface area contributed by atoms with Gasteiger partial charge in [0.15, 0.2) is 0 Å². The molecule has 156 valence electrons. The molecule has 0 heterocycles. The molecule has 0 radical (unpaired) electrons. The van der Waals surface area contributed by atoms with E-state index in [2.05, 4.69) is 97.1 Å². The van der Waals surface area contributed by atoms with Crippen LogP contribution in [0.4, 0.5) is 11.4 Å². The lowest BCUT2D eigenvalue weighted by Gasteiger charge is -2.44. The predicted molar refractivity (Wildman–Crippen MR) is 127 cm³/mol. The highest BCUT2D eigenvalue weighted by Crippen LogP contribution is 2.51. The standard InChI is InChI=1S/C28H39N/c1-25(2)15-17-27(5,6)23-19(25)11-9-13-21(23)29-22-14-10-12-20-24(22)28(7,8)18-16-26(20,3)4/h9-14,29H,15-18H2,1-8H3. The molecular formula is C28H39N. The van der Waals surface area contributed by atoms with Crippen molar-refractivity contribution in [2.45, 2.75) is 103 Å². The van der Waals surface area contributed by atoms with Crippen molar-refractivity contribution in [3.8, 4) is 0 Å². The van der Waals surface area contributed by atoms with Gasteiger partial charge in [-0.25, -0.2) is 0 Å². The maximum atomic E-state index is 3.95. The van der Waals surface area contributed by atoms with E-state index in [4.69, 9.17) is 0 Å². The van der Waals surface area contributed by atoms with E-state index in [0.717, 1.165) is 0 Å². The molecule has 2 aromatic rings. The Labute approximate surface area is 178 Å². The summed E-state index contributed by atoms with van der Waals surface area (Å²) in [7, 11) is 0. The van der Waals surface area contributed by atoms with Crippen LogP contribution in [0.2, 0.25) is 0 Å². The van der Waals surface area contributed by atoms with Crippen LogP contribution in [0.1, 0.15) is 103 Å². The highest BCUT2D eigenvalue weighted by atomic mass is 14.9. The van der Waals surface area contributed by atoms with Gasteiger partial charge in [-0.2, -0.15) is 0 Å². The summed E-state index contributed by atoms with van der Waals surface area (Å²) >= 11 is 0. The van der Waals surface area contributed by atoms with Gasteiger partial charge < -0.3 is 5.32 Å². The van der Waals surface area contributed by atoms with E-state index >= 15 is 0 Å². The first-order chi connectivity index (χ1) is 13.4. The molecule has 0 unspecified atom stereocenters. The van der Waals surface area contributed by atoms with E-state index in [1.165, 1.54) is 59.3 Å². The molecule has 29 heavy (non-hydrogen) atoms. The molecule has 0 fully saturated rings. The second-order valence-electron chi connectivity index (χ2n) is 12.1. The average Bonchev–Trinajstić information content (AvgIpc) is 2.63. The van der Waals surface area contributed by atoms with Crippen molar-refractivity contribution in [2.24, 2.45) is 0 Å². The summed E-state index contributed by atoms with van der Waals surface area (Å²) in [4.78, 5) is 0. The minimum Gasteiger partial charge on any atom is -0.355 e. The molecule has 0 spiro atoms. The van der Waals surface area contributed by atoms with Crippen molar-refractivity contribution in [1.29, 1.82) is 0 Å². The van der Waals surface area contributed by atoms with Gasteiger partial charge in [0.05, 0.1) is 0 Å². The molecule has 0 aromatic heterocycles. The van der Waals surface area contributed by atoms with E-state index < -0.39 is 0 Å². The van der Waals surface area contributed by atoms with Crippen LogP contribution in [-0.4, -0.2) is 0 Å². The molecular weight excluding hydrogens is 350 g/mol. The summed E-state index contributed by atoms with van der Waals surface area (Å²) in [5.41, 5.74) is 9.52. The van der Waals surface area contributed by atoms with Crippen LogP contribution in [0, 0.1) is 0 Å². The third-order valence-corrected chi connectivity index (χ3v) is 7.96. The summed E-state index contributed by atoms with van der Waals surface area (Å²) < 4.78 is 0. The monoisotopic (exact) mass is 389 g/mol. The molecule has 1 heteroatoms. The van der Waals surface area contributed by atoms with Crippen LogP contribution in [0.15, 0.2) is 36.4 Å². The van der Waals surface area contributed by atoms with Crippen molar-refractivity contribution in [3.63, 3.8) is 0 Å². The minimum absolute atomic E-state index is 0.193. The third-order valence-electron chi connectivity index (χ3n) is 7.96. The lowest BCUT2D eigenvalue weighted by Crippen LogP contribution is -2.35. The fourth-order valence-corrected chi connectivity index (χ4v) is 5.81.